The predicted octanol–water partition coefficient (Wildman–Crippen LogP) is 3.66. The Balaban J connectivity index is 1.66. The second-order valence-electron chi connectivity index (χ2n) is 6.89. The van der Waals surface area contributed by atoms with E-state index in [1.807, 2.05) is 12.1 Å². The molecular formula is C19H27FN2O. The molecule has 0 bridgehead atoms. The van der Waals surface area contributed by atoms with Gasteiger partial charge in [-0.25, -0.2) is 4.39 Å². The topological polar surface area (TPSA) is 32.3 Å². The maximum Gasteiger partial charge on any atom is 0.223 e. The Labute approximate surface area is 138 Å². The van der Waals surface area contributed by atoms with Crippen molar-refractivity contribution in [2.45, 2.75) is 51.0 Å². The van der Waals surface area contributed by atoms with Crippen LogP contribution in [0.15, 0.2) is 24.3 Å². The molecule has 1 aliphatic carbocycles. The molecule has 1 amide bonds. The SMILES string of the molecule is O=C(NC[C@@H](c1ccc(F)cc1)N1CCCCC1)C1CCCC1. The van der Waals surface area contributed by atoms with Crippen molar-refractivity contribution >= 4 is 5.91 Å². The van der Waals surface area contributed by atoms with Crippen molar-refractivity contribution in [1.29, 1.82) is 0 Å². The summed E-state index contributed by atoms with van der Waals surface area (Å²) in [4.78, 5) is 14.8. The van der Waals surface area contributed by atoms with Crippen LogP contribution in [0.1, 0.15) is 56.6 Å². The largest absolute Gasteiger partial charge is 0.354 e. The Morgan fingerprint density at radius 2 is 1.74 bits per heavy atom. The van der Waals surface area contributed by atoms with E-state index < -0.39 is 0 Å². The van der Waals surface area contributed by atoms with Crippen molar-refractivity contribution in [3.05, 3.63) is 35.6 Å². The average molecular weight is 318 g/mol. The van der Waals surface area contributed by atoms with Crippen molar-refractivity contribution in [2.75, 3.05) is 19.6 Å². The van der Waals surface area contributed by atoms with Gasteiger partial charge in [0.1, 0.15) is 5.82 Å². The van der Waals surface area contributed by atoms with Crippen LogP contribution in [0, 0.1) is 11.7 Å². The van der Waals surface area contributed by atoms with Crippen LogP contribution in [0.2, 0.25) is 0 Å². The molecule has 1 aromatic rings. The Kier molecular flexibility index (Phi) is 5.65. The van der Waals surface area contributed by atoms with Gasteiger partial charge in [0.25, 0.3) is 0 Å². The minimum atomic E-state index is -0.207. The van der Waals surface area contributed by atoms with Gasteiger partial charge < -0.3 is 5.32 Å². The number of benzene rings is 1. The van der Waals surface area contributed by atoms with E-state index in [0.29, 0.717) is 6.54 Å². The summed E-state index contributed by atoms with van der Waals surface area (Å²) in [5.41, 5.74) is 1.10. The first-order valence-electron chi connectivity index (χ1n) is 9.01. The van der Waals surface area contributed by atoms with E-state index in [2.05, 4.69) is 10.2 Å². The first kappa shape index (κ1) is 16.4. The molecule has 4 heteroatoms. The number of carbonyl (C=O) groups is 1. The average Bonchev–Trinajstić information content (AvgIpc) is 3.12. The summed E-state index contributed by atoms with van der Waals surface area (Å²) >= 11 is 0. The molecule has 3 nitrogen and oxygen atoms in total. The fourth-order valence-electron chi connectivity index (χ4n) is 3.90. The van der Waals surface area contributed by atoms with E-state index in [-0.39, 0.29) is 23.7 Å². The highest BCUT2D eigenvalue weighted by molar-refractivity contribution is 5.78. The molecule has 1 saturated carbocycles. The molecule has 3 rings (SSSR count). The number of rotatable bonds is 5. The lowest BCUT2D eigenvalue weighted by Gasteiger charge is -2.35. The van der Waals surface area contributed by atoms with Gasteiger partial charge in [0.2, 0.25) is 5.91 Å². The van der Waals surface area contributed by atoms with Crippen LogP contribution in [-0.2, 0) is 4.79 Å². The van der Waals surface area contributed by atoms with Crippen LogP contribution in [-0.4, -0.2) is 30.4 Å². The summed E-state index contributed by atoms with van der Waals surface area (Å²) in [5, 5.41) is 3.16. The normalized spacial score (nSPS) is 21.3. The minimum absolute atomic E-state index is 0.154. The zero-order valence-electron chi connectivity index (χ0n) is 13.8. The summed E-state index contributed by atoms with van der Waals surface area (Å²) < 4.78 is 13.2. The lowest BCUT2D eigenvalue weighted by molar-refractivity contribution is -0.125. The number of halogens is 1. The zero-order chi connectivity index (χ0) is 16.1. The molecule has 1 aromatic carbocycles. The highest BCUT2D eigenvalue weighted by Crippen LogP contribution is 2.27. The maximum atomic E-state index is 13.2. The Bertz CT molecular complexity index is 505. The van der Waals surface area contributed by atoms with Crippen molar-refractivity contribution in [1.82, 2.24) is 10.2 Å². The lowest BCUT2D eigenvalue weighted by atomic mass is 10.0. The fourth-order valence-corrected chi connectivity index (χ4v) is 3.90. The molecule has 2 fully saturated rings. The minimum Gasteiger partial charge on any atom is -0.354 e. The van der Waals surface area contributed by atoms with Gasteiger partial charge in [0, 0.05) is 12.5 Å². The third-order valence-electron chi connectivity index (χ3n) is 5.28. The van der Waals surface area contributed by atoms with E-state index in [1.54, 1.807) is 0 Å². The first-order valence-corrected chi connectivity index (χ1v) is 9.01. The molecule has 1 atom stereocenters. The number of amides is 1. The van der Waals surface area contributed by atoms with Crippen molar-refractivity contribution in [3.8, 4) is 0 Å². The smallest absolute Gasteiger partial charge is 0.223 e. The Morgan fingerprint density at radius 1 is 1.09 bits per heavy atom. The van der Waals surface area contributed by atoms with E-state index in [1.165, 1.54) is 44.2 Å². The summed E-state index contributed by atoms with van der Waals surface area (Å²) in [6.45, 7) is 2.74. The summed E-state index contributed by atoms with van der Waals surface area (Å²) in [7, 11) is 0. The summed E-state index contributed by atoms with van der Waals surface area (Å²) in [6.07, 6.45) is 8.08. The van der Waals surface area contributed by atoms with Gasteiger partial charge >= 0.3 is 0 Å². The van der Waals surface area contributed by atoms with Crippen LogP contribution in [0.25, 0.3) is 0 Å². The van der Waals surface area contributed by atoms with Crippen LogP contribution < -0.4 is 5.32 Å². The number of likely N-dealkylation sites (tertiary alicyclic amines) is 1. The number of piperidine rings is 1. The van der Waals surface area contributed by atoms with Gasteiger partial charge in [-0.1, -0.05) is 31.4 Å². The lowest BCUT2D eigenvalue weighted by Crippen LogP contribution is -2.41. The van der Waals surface area contributed by atoms with E-state index in [4.69, 9.17) is 0 Å². The van der Waals surface area contributed by atoms with E-state index >= 15 is 0 Å². The second kappa shape index (κ2) is 7.91. The quantitative estimate of drug-likeness (QED) is 0.898. The van der Waals surface area contributed by atoms with Crippen LogP contribution in [0.3, 0.4) is 0 Å². The first-order chi connectivity index (χ1) is 11.2. The summed E-state index contributed by atoms with van der Waals surface area (Å²) in [5.74, 6) is 0.193. The maximum absolute atomic E-state index is 13.2. The molecule has 2 aliphatic rings. The van der Waals surface area contributed by atoms with Crippen LogP contribution in [0.5, 0.6) is 0 Å². The van der Waals surface area contributed by atoms with Gasteiger partial charge in [-0.2, -0.15) is 0 Å². The predicted molar refractivity (Wildman–Crippen MR) is 89.5 cm³/mol. The van der Waals surface area contributed by atoms with Crippen molar-refractivity contribution in [2.24, 2.45) is 5.92 Å². The number of nitrogens with zero attached hydrogens (tertiary/aromatic N) is 1. The standard InChI is InChI=1S/C19H27FN2O/c20-17-10-8-15(9-11-17)18(22-12-4-1-5-13-22)14-21-19(23)16-6-2-3-7-16/h8-11,16,18H,1-7,12-14H2,(H,21,23)/t18-/m0/s1. The second-order valence-corrected chi connectivity index (χ2v) is 6.89. The third kappa shape index (κ3) is 4.31. The van der Waals surface area contributed by atoms with Gasteiger partial charge in [-0.15, -0.1) is 0 Å². The Morgan fingerprint density at radius 3 is 2.39 bits per heavy atom. The van der Waals surface area contributed by atoms with Gasteiger partial charge in [0.15, 0.2) is 0 Å². The molecule has 23 heavy (non-hydrogen) atoms. The number of hydrogen-bond donors (Lipinski definition) is 1. The monoisotopic (exact) mass is 318 g/mol. The highest BCUT2D eigenvalue weighted by atomic mass is 19.1. The molecule has 0 spiro atoms. The molecule has 1 saturated heterocycles. The summed E-state index contributed by atoms with van der Waals surface area (Å²) in [6, 6.07) is 6.91. The molecule has 1 heterocycles. The number of carbonyl (C=O) groups excluding carboxylic acids is 1. The zero-order valence-corrected chi connectivity index (χ0v) is 13.8. The Hall–Kier alpha value is -1.42. The molecule has 0 radical (unpaired) electrons. The third-order valence-corrected chi connectivity index (χ3v) is 5.28. The molecular weight excluding hydrogens is 291 g/mol. The van der Waals surface area contributed by atoms with Crippen molar-refractivity contribution < 1.29 is 9.18 Å². The van der Waals surface area contributed by atoms with Crippen molar-refractivity contribution in [3.63, 3.8) is 0 Å². The highest BCUT2D eigenvalue weighted by Gasteiger charge is 2.26. The van der Waals surface area contributed by atoms with E-state index in [0.717, 1.165) is 31.5 Å². The van der Waals surface area contributed by atoms with Gasteiger partial charge in [-0.3, -0.25) is 9.69 Å². The molecule has 126 valence electrons. The number of hydrogen-bond acceptors (Lipinski definition) is 2. The van der Waals surface area contributed by atoms with Gasteiger partial charge in [0.05, 0.1) is 6.04 Å². The van der Waals surface area contributed by atoms with Gasteiger partial charge in [-0.05, 0) is 56.5 Å². The molecule has 0 unspecified atom stereocenters. The molecule has 1 aliphatic heterocycles. The fraction of sp³-hybridized carbons (Fsp3) is 0.632. The molecule has 0 aromatic heterocycles. The number of nitrogens with one attached hydrogen (secondary N) is 1. The van der Waals surface area contributed by atoms with Crippen LogP contribution >= 0.6 is 0 Å². The van der Waals surface area contributed by atoms with E-state index in [9.17, 15) is 9.18 Å². The van der Waals surface area contributed by atoms with Crippen LogP contribution in [0.4, 0.5) is 4.39 Å². The molecule has 1 N–H and O–H groups in total.